The fraction of sp³-hybridized carbons (Fsp3) is 0.429. The number of amides is 1. The van der Waals surface area contributed by atoms with E-state index in [1.165, 1.54) is 19.2 Å². The number of ether oxygens (including phenoxy) is 1. The lowest BCUT2D eigenvalue weighted by molar-refractivity contribution is -0.139. The maximum Gasteiger partial charge on any atom is 0.421 e. The van der Waals surface area contributed by atoms with Gasteiger partial charge in [0.05, 0.1) is 6.61 Å². The van der Waals surface area contributed by atoms with E-state index in [4.69, 9.17) is 4.74 Å². The summed E-state index contributed by atoms with van der Waals surface area (Å²) in [6.07, 6.45) is -1.30. The molecule has 29 heavy (non-hydrogen) atoms. The molecule has 3 rings (SSSR count). The van der Waals surface area contributed by atoms with E-state index in [2.05, 4.69) is 15.2 Å². The summed E-state index contributed by atoms with van der Waals surface area (Å²) in [6, 6.07) is 9.90. The van der Waals surface area contributed by atoms with Crippen molar-refractivity contribution in [2.75, 3.05) is 25.0 Å². The molecule has 0 radical (unpaired) electrons. The van der Waals surface area contributed by atoms with E-state index in [9.17, 15) is 18.0 Å². The van der Waals surface area contributed by atoms with Crippen LogP contribution < -0.4 is 10.1 Å². The molecule has 8 heteroatoms. The Bertz CT molecular complexity index is 825. The fourth-order valence-corrected chi connectivity index (χ4v) is 3.50. The molecule has 1 aliphatic heterocycles. The Hall–Kier alpha value is -2.61. The Morgan fingerprint density at radius 1 is 1.28 bits per heavy atom. The normalized spacial score (nSPS) is 17.7. The molecule has 2 aromatic rings. The van der Waals surface area contributed by atoms with Gasteiger partial charge >= 0.3 is 6.18 Å². The van der Waals surface area contributed by atoms with Gasteiger partial charge in [0, 0.05) is 37.8 Å². The van der Waals surface area contributed by atoms with Crippen LogP contribution in [-0.2, 0) is 17.5 Å². The molecule has 0 saturated carbocycles. The van der Waals surface area contributed by atoms with Crippen molar-refractivity contribution in [1.82, 2.24) is 9.88 Å². The second-order valence-corrected chi connectivity index (χ2v) is 7.29. The molecule has 0 bridgehead atoms. The van der Waals surface area contributed by atoms with Crippen molar-refractivity contribution in [3.63, 3.8) is 0 Å². The number of hydrogen-bond acceptors (Lipinski definition) is 4. The maximum absolute atomic E-state index is 13.1. The summed E-state index contributed by atoms with van der Waals surface area (Å²) in [4.78, 5) is 17.1. The molecule has 156 valence electrons. The Kier molecular flexibility index (Phi) is 6.74. The average Bonchev–Trinajstić information content (AvgIpc) is 2.67. The van der Waals surface area contributed by atoms with Crippen LogP contribution in [0.5, 0.6) is 5.88 Å². The summed E-state index contributed by atoms with van der Waals surface area (Å²) in [7, 11) is 0. The highest BCUT2D eigenvalue weighted by Crippen LogP contribution is 2.35. The number of aromatic nitrogens is 1. The van der Waals surface area contributed by atoms with Crippen LogP contribution >= 0.6 is 0 Å². The minimum absolute atomic E-state index is 0.113. The van der Waals surface area contributed by atoms with E-state index in [-0.39, 0.29) is 24.3 Å². The first-order valence-corrected chi connectivity index (χ1v) is 9.55. The Labute approximate surface area is 167 Å². The van der Waals surface area contributed by atoms with Crippen molar-refractivity contribution in [1.29, 1.82) is 0 Å². The minimum Gasteiger partial charge on any atom is -0.477 e. The summed E-state index contributed by atoms with van der Waals surface area (Å²) >= 11 is 0. The van der Waals surface area contributed by atoms with Gasteiger partial charge in [-0.15, -0.1) is 0 Å². The van der Waals surface area contributed by atoms with Crippen LogP contribution in [0.4, 0.5) is 18.9 Å². The number of alkyl halides is 3. The highest BCUT2D eigenvalue weighted by atomic mass is 19.4. The Balaban J connectivity index is 1.54. The number of anilines is 1. The zero-order valence-corrected chi connectivity index (χ0v) is 16.2. The largest absolute Gasteiger partial charge is 0.477 e. The highest BCUT2D eigenvalue weighted by molar-refractivity contribution is 5.88. The molecule has 1 saturated heterocycles. The maximum atomic E-state index is 13.1. The molecule has 5 nitrogen and oxygen atoms in total. The van der Waals surface area contributed by atoms with Crippen molar-refractivity contribution in [2.45, 2.75) is 32.5 Å². The third-order valence-electron chi connectivity index (χ3n) is 4.82. The monoisotopic (exact) mass is 407 g/mol. The number of piperidine rings is 1. The van der Waals surface area contributed by atoms with Crippen LogP contribution in [0.1, 0.15) is 30.9 Å². The molecule has 1 aromatic heterocycles. The number of carbonyl (C=O) groups excluding carboxylic acids is 1. The van der Waals surface area contributed by atoms with Gasteiger partial charge in [-0.3, -0.25) is 9.69 Å². The van der Waals surface area contributed by atoms with Crippen molar-refractivity contribution in [2.24, 2.45) is 5.92 Å². The summed E-state index contributed by atoms with van der Waals surface area (Å²) in [5.41, 5.74) is 1.03. The van der Waals surface area contributed by atoms with Crippen molar-refractivity contribution in [3.05, 3.63) is 53.7 Å². The van der Waals surface area contributed by atoms with Crippen molar-refractivity contribution in [3.8, 4) is 5.88 Å². The number of nitrogens with zero attached hydrogens (tertiary/aromatic N) is 2. The van der Waals surface area contributed by atoms with E-state index in [1.54, 1.807) is 0 Å². The molecule has 1 N–H and O–H groups in total. The smallest absolute Gasteiger partial charge is 0.421 e. The van der Waals surface area contributed by atoms with Crippen LogP contribution in [0, 0.1) is 5.92 Å². The second-order valence-electron chi connectivity index (χ2n) is 7.29. The number of likely N-dealkylation sites (tertiary alicyclic amines) is 1. The number of hydrogen-bond donors (Lipinski definition) is 1. The summed E-state index contributed by atoms with van der Waals surface area (Å²) in [5, 5.41) is 2.74. The Morgan fingerprint density at radius 2 is 2.03 bits per heavy atom. The predicted molar refractivity (Wildman–Crippen MR) is 103 cm³/mol. The SMILES string of the molecule is CC(=O)Nc1ccc(CN2CCCC(COc3ncccc3C(F)(F)F)C2)cc1. The molecule has 1 amide bonds. The Morgan fingerprint density at radius 3 is 2.72 bits per heavy atom. The highest BCUT2D eigenvalue weighted by Gasteiger charge is 2.35. The first kappa shape index (κ1) is 21.1. The standard InChI is InChI=1S/C21H24F3N3O2/c1-15(28)26-18-8-6-16(7-9-18)12-27-11-3-4-17(13-27)14-29-20-19(21(22,23)24)5-2-10-25-20/h2,5-10,17H,3-4,11-14H2,1H3,(H,26,28). The molecule has 1 unspecified atom stereocenters. The quantitative estimate of drug-likeness (QED) is 0.774. The first-order chi connectivity index (χ1) is 13.8. The molecule has 1 atom stereocenters. The molecule has 0 spiro atoms. The lowest BCUT2D eigenvalue weighted by Crippen LogP contribution is -2.37. The zero-order valence-electron chi connectivity index (χ0n) is 16.2. The van der Waals surface area contributed by atoms with Crippen LogP contribution in [-0.4, -0.2) is 35.5 Å². The van der Waals surface area contributed by atoms with Gasteiger partial charge < -0.3 is 10.1 Å². The third kappa shape index (κ3) is 6.19. The molecular weight excluding hydrogens is 383 g/mol. The van der Waals surface area contributed by atoms with E-state index in [0.717, 1.165) is 49.8 Å². The molecule has 1 aromatic carbocycles. The van der Waals surface area contributed by atoms with E-state index in [0.29, 0.717) is 0 Å². The first-order valence-electron chi connectivity index (χ1n) is 9.55. The van der Waals surface area contributed by atoms with Crippen LogP contribution in [0.2, 0.25) is 0 Å². The third-order valence-corrected chi connectivity index (χ3v) is 4.82. The second kappa shape index (κ2) is 9.26. The topological polar surface area (TPSA) is 54.5 Å². The number of halogens is 3. The van der Waals surface area contributed by atoms with Gasteiger partial charge in [0.2, 0.25) is 11.8 Å². The van der Waals surface area contributed by atoms with Gasteiger partial charge in [0.1, 0.15) is 5.56 Å². The molecule has 0 aliphatic carbocycles. The van der Waals surface area contributed by atoms with Gasteiger partial charge in [0.15, 0.2) is 0 Å². The number of carbonyl (C=O) groups is 1. The van der Waals surface area contributed by atoms with Gasteiger partial charge in [-0.2, -0.15) is 13.2 Å². The lowest BCUT2D eigenvalue weighted by Gasteiger charge is -2.32. The van der Waals surface area contributed by atoms with Crippen LogP contribution in [0.15, 0.2) is 42.6 Å². The molecule has 1 fully saturated rings. The molecule has 2 heterocycles. The van der Waals surface area contributed by atoms with Crippen molar-refractivity contribution >= 4 is 11.6 Å². The number of rotatable bonds is 6. The fourth-order valence-electron chi connectivity index (χ4n) is 3.50. The minimum atomic E-state index is -4.48. The zero-order chi connectivity index (χ0) is 20.9. The lowest BCUT2D eigenvalue weighted by atomic mass is 9.98. The number of benzene rings is 1. The number of pyridine rings is 1. The summed E-state index contributed by atoms with van der Waals surface area (Å²) in [5.74, 6) is -0.325. The molecule has 1 aliphatic rings. The van der Waals surface area contributed by atoms with Gasteiger partial charge in [-0.05, 0) is 49.2 Å². The van der Waals surface area contributed by atoms with Gasteiger partial charge in [-0.1, -0.05) is 12.1 Å². The molecular formula is C21H24F3N3O2. The number of nitrogens with one attached hydrogen (secondary N) is 1. The predicted octanol–water partition coefficient (Wildman–Crippen LogP) is 4.35. The van der Waals surface area contributed by atoms with Gasteiger partial charge in [0.25, 0.3) is 0 Å². The average molecular weight is 407 g/mol. The van der Waals surface area contributed by atoms with Crippen LogP contribution in [0.3, 0.4) is 0 Å². The van der Waals surface area contributed by atoms with Gasteiger partial charge in [-0.25, -0.2) is 4.98 Å². The van der Waals surface area contributed by atoms with E-state index in [1.807, 2.05) is 24.3 Å². The van der Waals surface area contributed by atoms with Crippen molar-refractivity contribution < 1.29 is 22.7 Å². The van der Waals surface area contributed by atoms with Crippen LogP contribution in [0.25, 0.3) is 0 Å². The van der Waals surface area contributed by atoms with E-state index < -0.39 is 11.7 Å². The summed E-state index contributed by atoms with van der Waals surface area (Å²) in [6.45, 7) is 4.10. The summed E-state index contributed by atoms with van der Waals surface area (Å²) < 4.78 is 44.7. The van der Waals surface area contributed by atoms with E-state index >= 15 is 0 Å².